The van der Waals surface area contributed by atoms with Crippen molar-refractivity contribution < 1.29 is 23.8 Å². The Morgan fingerprint density at radius 2 is 2.00 bits per heavy atom. The first-order valence-electron chi connectivity index (χ1n) is 9.71. The van der Waals surface area contributed by atoms with Gasteiger partial charge in [0, 0.05) is 26.1 Å². The first-order chi connectivity index (χ1) is 14.1. The van der Waals surface area contributed by atoms with Gasteiger partial charge in [0.25, 0.3) is 0 Å². The Balaban J connectivity index is 1.47. The molecule has 1 atom stereocenters. The zero-order valence-corrected chi connectivity index (χ0v) is 16.6. The number of carbonyl (C=O) groups excluding carboxylic acids is 2. The molecule has 0 spiro atoms. The molecule has 29 heavy (non-hydrogen) atoms. The molecule has 4 rings (SSSR count). The number of hydrogen-bond acceptors (Lipinski definition) is 5. The Labute approximate surface area is 169 Å². The van der Waals surface area contributed by atoms with Gasteiger partial charge in [0.2, 0.25) is 18.6 Å². The van der Waals surface area contributed by atoms with E-state index in [4.69, 9.17) is 14.2 Å². The van der Waals surface area contributed by atoms with E-state index in [2.05, 4.69) is 0 Å². The summed E-state index contributed by atoms with van der Waals surface area (Å²) in [5, 5.41) is 0. The highest BCUT2D eigenvalue weighted by molar-refractivity contribution is 6.01. The summed E-state index contributed by atoms with van der Waals surface area (Å²) in [5.41, 5.74) is 1.67. The number of anilines is 1. The highest BCUT2D eigenvalue weighted by Crippen LogP contribution is 2.35. The van der Waals surface area contributed by atoms with Gasteiger partial charge in [0.05, 0.1) is 18.7 Å². The Kier molecular flexibility index (Phi) is 5.29. The van der Waals surface area contributed by atoms with Gasteiger partial charge in [-0.15, -0.1) is 0 Å². The zero-order valence-electron chi connectivity index (χ0n) is 16.6. The summed E-state index contributed by atoms with van der Waals surface area (Å²) in [6, 6.07) is 13.1. The lowest BCUT2D eigenvalue weighted by Gasteiger charge is -2.25. The summed E-state index contributed by atoms with van der Waals surface area (Å²) in [6.45, 7) is 3.55. The molecule has 0 aliphatic carbocycles. The van der Waals surface area contributed by atoms with Crippen LogP contribution >= 0.6 is 0 Å². The van der Waals surface area contributed by atoms with Crippen LogP contribution in [0.3, 0.4) is 0 Å². The van der Waals surface area contributed by atoms with Crippen molar-refractivity contribution in [2.75, 3.05) is 31.9 Å². The van der Waals surface area contributed by atoms with Gasteiger partial charge in [-0.1, -0.05) is 18.2 Å². The average Bonchev–Trinajstić information content (AvgIpc) is 3.37. The standard InChI is InChI=1S/C22H24N2O5/c1-3-23(12-15-8-9-19-20(10-15)29-14-28-19)22(26)16-11-21(25)24(13-16)17-6-4-5-7-18(17)27-2/h4-10,16H,3,11-14H2,1-2H3/t16-/m1/s1. The van der Waals surface area contributed by atoms with Crippen LogP contribution in [-0.4, -0.2) is 43.7 Å². The third kappa shape index (κ3) is 3.72. The van der Waals surface area contributed by atoms with E-state index < -0.39 is 0 Å². The molecule has 2 aliphatic rings. The van der Waals surface area contributed by atoms with Crippen LogP contribution in [-0.2, 0) is 16.1 Å². The summed E-state index contributed by atoms with van der Waals surface area (Å²) in [5.74, 6) is 1.59. The van der Waals surface area contributed by atoms with Gasteiger partial charge in [-0.3, -0.25) is 9.59 Å². The second-order valence-corrected chi connectivity index (χ2v) is 7.12. The molecule has 152 valence electrons. The monoisotopic (exact) mass is 396 g/mol. The summed E-state index contributed by atoms with van der Waals surface area (Å²) in [7, 11) is 1.58. The number of amides is 2. The molecular weight excluding hydrogens is 372 g/mol. The van der Waals surface area contributed by atoms with Crippen LogP contribution in [0, 0.1) is 5.92 Å². The van der Waals surface area contributed by atoms with Crippen LogP contribution in [0.5, 0.6) is 17.2 Å². The number of carbonyl (C=O) groups is 2. The zero-order chi connectivity index (χ0) is 20.4. The Morgan fingerprint density at radius 1 is 1.21 bits per heavy atom. The van der Waals surface area contributed by atoms with E-state index in [0.29, 0.717) is 36.8 Å². The van der Waals surface area contributed by atoms with E-state index in [1.165, 1.54) is 0 Å². The molecule has 7 nitrogen and oxygen atoms in total. The molecule has 2 heterocycles. The van der Waals surface area contributed by atoms with Crippen molar-refractivity contribution >= 4 is 17.5 Å². The maximum Gasteiger partial charge on any atom is 0.231 e. The number of para-hydroxylation sites is 2. The van der Waals surface area contributed by atoms with E-state index in [0.717, 1.165) is 11.3 Å². The lowest BCUT2D eigenvalue weighted by Crippen LogP contribution is -2.37. The summed E-state index contributed by atoms with van der Waals surface area (Å²) < 4.78 is 16.1. The van der Waals surface area contributed by atoms with Crippen molar-refractivity contribution in [2.24, 2.45) is 5.92 Å². The second-order valence-electron chi connectivity index (χ2n) is 7.12. The SMILES string of the molecule is CCN(Cc1ccc2c(c1)OCO2)C(=O)[C@@H]1CC(=O)N(c2ccccc2OC)C1. The molecule has 2 aromatic carbocycles. The lowest BCUT2D eigenvalue weighted by atomic mass is 10.1. The molecule has 0 aromatic heterocycles. The molecule has 0 radical (unpaired) electrons. The Bertz CT molecular complexity index is 929. The lowest BCUT2D eigenvalue weighted by molar-refractivity contribution is -0.136. The van der Waals surface area contributed by atoms with Crippen LogP contribution in [0.1, 0.15) is 18.9 Å². The van der Waals surface area contributed by atoms with Crippen molar-refractivity contribution in [1.29, 1.82) is 0 Å². The number of nitrogens with zero attached hydrogens (tertiary/aromatic N) is 2. The number of ether oxygens (including phenoxy) is 3. The number of rotatable bonds is 6. The van der Waals surface area contributed by atoms with Gasteiger partial charge < -0.3 is 24.0 Å². The van der Waals surface area contributed by atoms with Crippen LogP contribution < -0.4 is 19.1 Å². The van der Waals surface area contributed by atoms with Gasteiger partial charge in [-0.2, -0.15) is 0 Å². The predicted molar refractivity (Wildman–Crippen MR) is 107 cm³/mol. The number of benzene rings is 2. The normalized spacial score (nSPS) is 17.5. The van der Waals surface area contributed by atoms with Gasteiger partial charge in [-0.05, 0) is 36.8 Å². The predicted octanol–water partition coefficient (Wildman–Crippen LogP) is 2.83. The fraction of sp³-hybridized carbons (Fsp3) is 0.364. The van der Waals surface area contributed by atoms with E-state index in [1.807, 2.05) is 49.4 Å². The smallest absolute Gasteiger partial charge is 0.231 e. The molecule has 1 fully saturated rings. The van der Waals surface area contributed by atoms with Crippen LogP contribution in [0.2, 0.25) is 0 Å². The second kappa shape index (κ2) is 8.03. The number of methoxy groups -OCH3 is 1. The fourth-order valence-electron chi connectivity index (χ4n) is 3.82. The fourth-order valence-corrected chi connectivity index (χ4v) is 3.82. The molecule has 2 aromatic rings. The Morgan fingerprint density at radius 3 is 2.79 bits per heavy atom. The molecule has 2 amide bonds. The molecule has 1 saturated heterocycles. The maximum atomic E-state index is 13.2. The summed E-state index contributed by atoms with van der Waals surface area (Å²) in [6.07, 6.45) is 0.203. The largest absolute Gasteiger partial charge is 0.495 e. The van der Waals surface area contributed by atoms with Gasteiger partial charge >= 0.3 is 0 Å². The summed E-state index contributed by atoms with van der Waals surface area (Å²) >= 11 is 0. The minimum Gasteiger partial charge on any atom is -0.495 e. The van der Waals surface area contributed by atoms with Gasteiger partial charge in [0.1, 0.15) is 5.75 Å². The van der Waals surface area contributed by atoms with E-state index in [1.54, 1.807) is 16.9 Å². The molecule has 0 unspecified atom stereocenters. The first-order valence-corrected chi connectivity index (χ1v) is 9.71. The molecule has 0 N–H and O–H groups in total. The highest BCUT2D eigenvalue weighted by atomic mass is 16.7. The number of fused-ring (bicyclic) bond motifs is 1. The van der Waals surface area contributed by atoms with Crippen molar-refractivity contribution in [3.05, 3.63) is 48.0 Å². The Hall–Kier alpha value is -3.22. The van der Waals surface area contributed by atoms with Crippen molar-refractivity contribution in [2.45, 2.75) is 19.9 Å². The topological polar surface area (TPSA) is 68.3 Å². The van der Waals surface area contributed by atoms with Crippen molar-refractivity contribution in [1.82, 2.24) is 4.90 Å². The third-order valence-corrected chi connectivity index (χ3v) is 5.35. The van der Waals surface area contributed by atoms with E-state index in [9.17, 15) is 9.59 Å². The van der Waals surface area contributed by atoms with Gasteiger partial charge in [0.15, 0.2) is 11.5 Å². The molecular formula is C22H24N2O5. The molecule has 2 aliphatic heterocycles. The first kappa shape index (κ1) is 19.1. The van der Waals surface area contributed by atoms with E-state index in [-0.39, 0.29) is 30.9 Å². The average molecular weight is 396 g/mol. The maximum absolute atomic E-state index is 13.2. The quantitative estimate of drug-likeness (QED) is 0.751. The number of hydrogen-bond donors (Lipinski definition) is 0. The van der Waals surface area contributed by atoms with Gasteiger partial charge in [-0.25, -0.2) is 0 Å². The van der Waals surface area contributed by atoms with E-state index >= 15 is 0 Å². The highest BCUT2D eigenvalue weighted by Gasteiger charge is 2.38. The minimum absolute atomic E-state index is 0.0177. The minimum atomic E-state index is -0.374. The van der Waals surface area contributed by atoms with Crippen molar-refractivity contribution in [3.8, 4) is 17.2 Å². The van der Waals surface area contributed by atoms with Crippen molar-refractivity contribution in [3.63, 3.8) is 0 Å². The van der Waals surface area contributed by atoms with Crippen LogP contribution in [0.25, 0.3) is 0 Å². The molecule has 0 saturated carbocycles. The molecule has 0 bridgehead atoms. The van der Waals surface area contributed by atoms with Crippen LogP contribution in [0.15, 0.2) is 42.5 Å². The third-order valence-electron chi connectivity index (χ3n) is 5.35. The summed E-state index contributed by atoms with van der Waals surface area (Å²) in [4.78, 5) is 29.2. The molecule has 7 heteroatoms. The van der Waals surface area contributed by atoms with Crippen LogP contribution in [0.4, 0.5) is 5.69 Å².